The van der Waals surface area contributed by atoms with E-state index in [9.17, 15) is 14.4 Å². The van der Waals surface area contributed by atoms with Crippen LogP contribution in [0.1, 0.15) is 67.2 Å². The number of hydrogen-bond acceptors (Lipinski definition) is 4. The van der Waals surface area contributed by atoms with Crippen LogP contribution in [0.3, 0.4) is 0 Å². The van der Waals surface area contributed by atoms with Crippen LogP contribution in [0.15, 0.2) is 24.3 Å². The van der Waals surface area contributed by atoms with Crippen molar-refractivity contribution in [3.63, 3.8) is 0 Å². The molecular weight excluding hydrogens is 380 g/mol. The molecular formula is C24H30N2O4. The first-order chi connectivity index (χ1) is 14.3. The molecule has 2 saturated carbocycles. The number of nitrogens with zero attached hydrogens (tertiary/aromatic N) is 1. The lowest BCUT2D eigenvalue weighted by atomic mass is 9.59. The van der Waals surface area contributed by atoms with Crippen molar-refractivity contribution in [3.05, 3.63) is 35.4 Å². The predicted octanol–water partition coefficient (Wildman–Crippen LogP) is 3.02. The van der Waals surface area contributed by atoms with E-state index in [-0.39, 0.29) is 40.7 Å². The van der Waals surface area contributed by atoms with Crippen LogP contribution in [0.25, 0.3) is 0 Å². The Balaban J connectivity index is 1.34. The van der Waals surface area contributed by atoms with Crippen molar-refractivity contribution in [1.29, 1.82) is 0 Å². The third-order valence-electron chi connectivity index (χ3n) is 8.49. The van der Waals surface area contributed by atoms with Gasteiger partial charge in [0.15, 0.2) is 0 Å². The quantitative estimate of drug-likeness (QED) is 0.775. The molecule has 160 valence electrons. The number of fused-ring (bicyclic) bond motifs is 2. The molecule has 2 aliphatic heterocycles. The lowest BCUT2D eigenvalue weighted by molar-refractivity contribution is -0.136. The molecule has 1 aromatic rings. The average molecular weight is 411 g/mol. The molecule has 3 fully saturated rings. The van der Waals surface area contributed by atoms with Gasteiger partial charge in [-0.3, -0.25) is 19.3 Å². The minimum absolute atomic E-state index is 0.0143. The summed E-state index contributed by atoms with van der Waals surface area (Å²) in [7, 11) is 0. The first kappa shape index (κ1) is 19.7. The Morgan fingerprint density at radius 2 is 1.87 bits per heavy atom. The zero-order chi connectivity index (χ0) is 21.3. The van der Waals surface area contributed by atoms with Gasteiger partial charge in [-0.15, -0.1) is 0 Å². The second kappa shape index (κ2) is 6.64. The zero-order valence-electron chi connectivity index (χ0n) is 17.9. The summed E-state index contributed by atoms with van der Waals surface area (Å²) in [6.45, 7) is 7.22. The van der Waals surface area contributed by atoms with Gasteiger partial charge >= 0.3 is 0 Å². The van der Waals surface area contributed by atoms with E-state index >= 15 is 0 Å². The van der Waals surface area contributed by atoms with Crippen LogP contribution < -0.4 is 5.32 Å². The van der Waals surface area contributed by atoms with Crippen LogP contribution in [-0.2, 0) is 9.53 Å². The molecule has 1 aromatic carbocycles. The third-order valence-corrected chi connectivity index (χ3v) is 8.49. The van der Waals surface area contributed by atoms with Crippen LogP contribution in [0.5, 0.6) is 0 Å². The number of carbonyl (C=O) groups excluding carboxylic acids is 3. The van der Waals surface area contributed by atoms with Gasteiger partial charge < -0.3 is 10.1 Å². The first-order valence-corrected chi connectivity index (χ1v) is 11.1. The van der Waals surface area contributed by atoms with Crippen molar-refractivity contribution in [3.8, 4) is 0 Å². The molecule has 2 aliphatic carbocycles. The van der Waals surface area contributed by atoms with E-state index in [4.69, 9.17) is 4.74 Å². The summed E-state index contributed by atoms with van der Waals surface area (Å²) in [5.74, 6) is 0.541. The molecule has 1 spiro atoms. The maximum Gasteiger partial charge on any atom is 0.261 e. The highest BCUT2D eigenvalue weighted by Crippen LogP contribution is 2.68. The summed E-state index contributed by atoms with van der Waals surface area (Å²) in [5, 5.41) is 3.28. The second-order valence-corrected chi connectivity index (χ2v) is 10.2. The number of hydrogen-bond donors (Lipinski definition) is 1. The number of imide groups is 1. The van der Waals surface area contributed by atoms with E-state index in [0.29, 0.717) is 42.5 Å². The van der Waals surface area contributed by atoms with E-state index in [1.807, 2.05) is 0 Å². The fourth-order valence-electron chi connectivity index (χ4n) is 7.10. The SMILES string of the molecule is CC(=O)N[C@@H]1C(C)(C)[C@@H]2C[C@@H]3[C@@H](CCN4C(=O)c5ccccc5C4=O)OCCC31C2. The predicted molar refractivity (Wildman–Crippen MR) is 111 cm³/mol. The standard InChI is InChI=1S/C24H30N2O4/c1-14(27)25-22-23(2,3)15-12-18-19(30-11-9-24(18,22)13-15)8-10-26-20(28)16-6-4-5-7-17(16)21(26)29/h4-7,15,18-19,22H,8-13H2,1-3H3,(H,25,27)/t15-,18-,19-,22-,24?/m1/s1. The molecule has 1 unspecified atom stereocenters. The molecule has 1 N–H and O–H groups in total. The average Bonchev–Trinajstić information content (AvgIpc) is 3.28. The fourth-order valence-corrected chi connectivity index (χ4v) is 7.10. The highest BCUT2D eigenvalue weighted by atomic mass is 16.5. The molecule has 2 bridgehead atoms. The third kappa shape index (κ3) is 2.62. The van der Waals surface area contributed by atoms with E-state index in [0.717, 1.165) is 19.3 Å². The van der Waals surface area contributed by atoms with Gasteiger partial charge in [0.1, 0.15) is 0 Å². The van der Waals surface area contributed by atoms with Gasteiger partial charge in [0, 0.05) is 26.1 Å². The summed E-state index contributed by atoms with van der Waals surface area (Å²) in [4.78, 5) is 38.8. The Morgan fingerprint density at radius 1 is 1.20 bits per heavy atom. The lowest BCUT2D eigenvalue weighted by Crippen LogP contribution is -2.60. The summed E-state index contributed by atoms with van der Waals surface area (Å²) in [6.07, 6.45) is 3.85. The van der Waals surface area contributed by atoms with E-state index in [1.54, 1.807) is 31.2 Å². The van der Waals surface area contributed by atoms with Gasteiger partial charge in [0.25, 0.3) is 11.8 Å². The minimum atomic E-state index is -0.202. The molecule has 5 atom stereocenters. The monoisotopic (exact) mass is 410 g/mol. The van der Waals surface area contributed by atoms with Crippen LogP contribution in [0.4, 0.5) is 0 Å². The molecule has 0 aromatic heterocycles. The number of carbonyl (C=O) groups is 3. The molecule has 6 heteroatoms. The maximum atomic E-state index is 12.7. The highest BCUT2D eigenvalue weighted by molar-refractivity contribution is 6.21. The summed E-state index contributed by atoms with van der Waals surface area (Å²) in [5.41, 5.74) is 1.13. The summed E-state index contributed by atoms with van der Waals surface area (Å²) in [6, 6.07) is 7.17. The van der Waals surface area contributed by atoms with Gasteiger partial charge in [0.05, 0.1) is 17.2 Å². The first-order valence-electron chi connectivity index (χ1n) is 11.1. The minimum Gasteiger partial charge on any atom is -0.378 e. The highest BCUT2D eigenvalue weighted by Gasteiger charge is 2.68. The molecule has 6 nitrogen and oxygen atoms in total. The van der Waals surface area contributed by atoms with Gasteiger partial charge in [-0.2, -0.15) is 0 Å². The Bertz CT molecular complexity index is 891. The Morgan fingerprint density at radius 3 is 2.50 bits per heavy atom. The largest absolute Gasteiger partial charge is 0.378 e. The maximum absolute atomic E-state index is 12.7. The van der Waals surface area contributed by atoms with Gasteiger partial charge in [0.2, 0.25) is 5.91 Å². The Kier molecular flexibility index (Phi) is 4.37. The summed E-state index contributed by atoms with van der Waals surface area (Å²) < 4.78 is 6.21. The van der Waals surface area contributed by atoms with Crippen molar-refractivity contribution in [2.45, 2.75) is 58.6 Å². The van der Waals surface area contributed by atoms with Gasteiger partial charge in [-0.1, -0.05) is 26.0 Å². The van der Waals surface area contributed by atoms with Crippen molar-refractivity contribution in [2.24, 2.45) is 22.7 Å². The topological polar surface area (TPSA) is 75.7 Å². The molecule has 0 radical (unpaired) electrons. The fraction of sp³-hybridized carbons (Fsp3) is 0.625. The molecule has 2 heterocycles. The lowest BCUT2D eigenvalue weighted by Gasteiger charge is -2.53. The van der Waals surface area contributed by atoms with Crippen LogP contribution >= 0.6 is 0 Å². The molecule has 3 amide bonds. The number of amides is 3. The Labute approximate surface area is 177 Å². The Hall–Kier alpha value is -2.21. The number of rotatable bonds is 4. The number of ether oxygens (including phenoxy) is 1. The zero-order valence-corrected chi connectivity index (χ0v) is 17.9. The van der Waals surface area contributed by atoms with Gasteiger partial charge in [-0.05, 0) is 60.5 Å². The number of nitrogens with one attached hydrogen (secondary N) is 1. The number of benzene rings is 1. The van der Waals surface area contributed by atoms with E-state index in [1.165, 1.54) is 4.90 Å². The van der Waals surface area contributed by atoms with Crippen LogP contribution in [0, 0.1) is 22.7 Å². The smallest absolute Gasteiger partial charge is 0.261 e. The summed E-state index contributed by atoms with van der Waals surface area (Å²) >= 11 is 0. The van der Waals surface area contributed by atoms with Crippen LogP contribution in [-0.4, -0.2) is 47.9 Å². The molecule has 1 saturated heterocycles. The van der Waals surface area contributed by atoms with E-state index < -0.39 is 0 Å². The van der Waals surface area contributed by atoms with E-state index in [2.05, 4.69) is 19.2 Å². The van der Waals surface area contributed by atoms with Crippen molar-refractivity contribution in [1.82, 2.24) is 10.2 Å². The second-order valence-electron chi connectivity index (χ2n) is 10.2. The normalized spacial score (nSPS) is 36.0. The molecule has 4 aliphatic rings. The molecule has 30 heavy (non-hydrogen) atoms. The molecule has 5 rings (SSSR count). The van der Waals surface area contributed by atoms with Crippen molar-refractivity contribution >= 4 is 17.7 Å². The van der Waals surface area contributed by atoms with Crippen molar-refractivity contribution in [2.75, 3.05) is 13.2 Å². The van der Waals surface area contributed by atoms with Crippen molar-refractivity contribution < 1.29 is 19.1 Å². The van der Waals surface area contributed by atoms with Crippen LogP contribution in [0.2, 0.25) is 0 Å². The van der Waals surface area contributed by atoms with Gasteiger partial charge in [-0.25, -0.2) is 0 Å².